The number of carbonyl (C=O) groups is 1. The van der Waals surface area contributed by atoms with E-state index in [1.807, 2.05) is 12.1 Å². The minimum Gasteiger partial charge on any atom is -0.360 e. The Morgan fingerprint density at radius 3 is 2.76 bits per heavy atom. The molecule has 1 N–H and O–H groups in total. The van der Waals surface area contributed by atoms with Crippen LogP contribution in [0.1, 0.15) is 16.2 Å². The highest BCUT2D eigenvalue weighted by molar-refractivity contribution is 7.09. The van der Waals surface area contributed by atoms with Crippen LogP contribution in [0.25, 0.3) is 10.4 Å². The van der Waals surface area contributed by atoms with Gasteiger partial charge in [-0.15, -0.1) is 5.10 Å². The number of aromatic nitrogens is 3. The molecule has 0 spiro atoms. The Balaban J connectivity index is 1.88. The van der Waals surface area contributed by atoms with Crippen molar-refractivity contribution >= 4 is 34.9 Å². The molecule has 2 aromatic heterocycles. The average molecular weight is 321 g/mol. The van der Waals surface area contributed by atoms with E-state index in [4.69, 9.17) is 16.1 Å². The van der Waals surface area contributed by atoms with Crippen LogP contribution >= 0.6 is 23.1 Å². The summed E-state index contributed by atoms with van der Waals surface area (Å²) in [6, 6.07) is 8.75. The normalized spacial score (nSPS) is 10.6. The van der Waals surface area contributed by atoms with Gasteiger partial charge in [0.05, 0.1) is 4.88 Å². The van der Waals surface area contributed by atoms with Crippen LogP contribution in [0.4, 0.5) is 5.82 Å². The molecule has 0 aliphatic carbocycles. The summed E-state index contributed by atoms with van der Waals surface area (Å²) in [5, 5.41) is 10.8. The lowest BCUT2D eigenvalue weighted by atomic mass is 10.1. The van der Waals surface area contributed by atoms with Crippen LogP contribution in [-0.2, 0) is 0 Å². The number of carbonyl (C=O) groups excluding carboxylic acids is 1. The van der Waals surface area contributed by atoms with Crippen LogP contribution in [0.3, 0.4) is 0 Å². The number of halogens is 1. The fourth-order valence-electron chi connectivity index (χ4n) is 1.73. The largest absolute Gasteiger partial charge is 0.360 e. The van der Waals surface area contributed by atoms with E-state index < -0.39 is 0 Å². The van der Waals surface area contributed by atoms with E-state index in [2.05, 4.69) is 20.1 Å². The minimum absolute atomic E-state index is 0.239. The number of rotatable bonds is 3. The van der Waals surface area contributed by atoms with Gasteiger partial charge in [0, 0.05) is 11.1 Å². The third-order valence-corrected chi connectivity index (χ3v) is 3.71. The van der Waals surface area contributed by atoms with E-state index in [0.29, 0.717) is 21.5 Å². The molecule has 0 fully saturated rings. The molecule has 0 aliphatic heterocycles. The van der Waals surface area contributed by atoms with E-state index in [-0.39, 0.29) is 11.6 Å². The molecule has 3 aromatic rings. The highest BCUT2D eigenvalue weighted by atomic mass is 35.5. The number of hydrogen-bond acceptors (Lipinski definition) is 6. The average Bonchev–Trinajstić information content (AvgIpc) is 3.09. The van der Waals surface area contributed by atoms with Gasteiger partial charge in [-0.1, -0.05) is 33.4 Å². The van der Waals surface area contributed by atoms with Crippen molar-refractivity contribution in [3.05, 3.63) is 46.8 Å². The lowest BCUT2D eigenvalue weighted by Crippen LogP contribution is -2.13. The third kappa shape index (κ3) is 2.93. The highest BCUT2D eigenvalue weighted by Gasteiger charge is 2.19. The summed E-state index contributed by atoms with van der Waals surface area (Å²) in [5.41, 5.74) is 1.07. The zero-order valence-electron chi connectivity index (χ0n) is 10.8. The molecule has 0 saturated carbocycles. The van der Waals surface area contributed by atoms with Gasteiger partial charge >= 0.3 is 0 Å². The first-order valence-corrected chi connectivity index (χ1v) is 7.11. The smallest absolute Gasteiger partial charge is 0.279 e. The number of aryl methyl sites for hydroxylation is 1. The van der Waals surface area contributed by atoms with Crippen molar-refractivity contribution < 1.29 is 9.32 Å². The first-order valence-electron chi connectivity index (χ1n) is 5.96. The lowest BCUT2D eigenvalue weighted by molar-refractivity contribution is 0.102. The number of hydrogen-bond donors (Lipinski definition) is 1. The number of nitrogens with one attached hydrogen (secondary N) is 1. The predicted molar refractivity (Wildman–Crippen MR) is 79.5 cm³/mol. The van der Waals surface area contributed by atoms with Crippen molar-refractivity contribution in [2.45, 2.75) is 6.92 Å². The molecule has 0 saturated heterocycles. The number of amides is 1. The Labute approximate surface area is 128 Å². The summed E-state index contributed by atoms with van der Waals surface area (Å²) < 4.78 is 8.74. The molecule has 0 atom stereocenters. The molecule has 0 unspecified atom stereocenters. The quantitative estimate of drug-likeness (QED) is 0.799. The molecule has 8 heteroatoms. The zero-order valence-corrected chi connectivity index (χ0v) is 12.4. The van der Waals surface area contributed by atoms with Gasteiger partial charge in [-0.25, -0.2) is 0 Å². The number of nitrogens with zero attached hydrogens (tertiary/aromatic N) is 3. The second-order valence-electron chi connectivity index (χ2n) is 4.23. The Kier molecular flexibility index (Phi) is 3.68. The molecular weight excluding hydrogens is 312 g/mol. The maximum absolute atomic E-state index is 12.2. The van der Waals surface area contributed by atoms with E-state index in [1.54, 1.807) is 25.1 Å². The van der Waals surface area contributed by atoms with Crippen LogP contribution in [-0.4, -0.2) is 20.7 Å². The molecule has 21 heavy (non-hydrogen) atoms. The topological polar surface area (TPSA) is 80.9 Å². The van der Waals surface area contributed by atoms with Crippen LogP contribution in [0, 0.1) is 6.92 Å². The molecule has 2 heterocycles. The fourth-order valence-corrected chi connectivity index (χ4v) is 2.52. The van der Waals surface area contributed by atoms with Crippen molar-refractivity contribution in [1.29, 1.82) is 0 Å². The molecule has 0 aliphatic rings. The van der Waals surface area contributed by atoms with Gasteiger partial charge in [0.15, 0.2) is 11.5 Å². The van der Waals surface area contributed by atoms with Gasteiger partial charge in [0.2, 0.25) is 0 Å². The van der Waals surface area contributed by atoms with Gasteiger partial charge < -0.3 is 9.84 Å². The third-order valence-electron chi connectivity index (χ3n) is 2.68. The number of benzene rings is 1. The SMILES string of the molecule is Cc1cc(NC(=O)c2nnsc2-c2ccc(Cl)cc2)no1. The monoisotopic (exact) mass is 320 g/mol. The summed E-state index contributed by atoms with van der Waals surface area (Å²) in [5.74, 6) is 0.564. The van der Waals surface area contributed by atoms with Gasteiger partial charge in [0.25, 0.3) is 5.91 Å². The van der Waals surface area contributed by atoms with E-state index in [0.717, 1.165) is 17.1 Å². The maximum Gasteiger partial charge on any atom is 0.279 e. The van der Waals surface area contributed by atoms with Crippen LogP contribution in [0.2, 0.25) is 5.02 Å². The standard InChI is InChI=1S/C13H9ClN4O2S/c1-7-6-10(17-20-7)15-13(19)11-12(21-18-16-11)8-2-4-9(14)5-3-8/h2-6H,1H3,(H,15,17,19). The highest BCUT2D eigenvalue weighted by Crippen LogP contribution is 2.27. The predicted octanol–water partition coefficient (Wildman–Crippen LogP) is 3.41. The first-order chi connectivity index (χ1) is 10.1. The second kappa shape index (κ2) is 5.63. The summed E-state index contributed by atoms with van der Waals surface area (Å²) in [4.78, 5) is 12.9. The number of anilines is 1. The molecular formula is C13H9ClN4O2S. The Morgan fingerprint density at radius 1 is 1.33 bits per heavy atom. The molecule has 106 valence electrons. The van der Waals surface area contributed by atoms with E-state index >= 15 is 0 Å². The Bertz CT molecular complexity index is 782. The zero-order chi connectivity index (χ0) is 14.8. The summed E-state index contributed by atoms with van der Waals surface area (Å²) in [7, 11) is 0. The molecule has 1 aromatic carbocycles. The minimum atomic E-state index is -0.387. The summed E-state index contributed by atoms with van der Waals surface area (Å²) in [6.07, 6.45) is 0. The maximum atomic E-state index is 12.2. The van der Waals surface area contributed by atoms with Gasteiger partial charge in [-0.3, -0.25) is 4.79 Å². The van der Waals surface area contributed by atoms with Crippen LogP contribution in [0.5, 0.6) is 0 Å². The van der Waals surface area contributed by atoms with Crippen molar-refractivity contribution in [3.8, 4) is 10.4 Å². The van der Waals surface area contributed by atoms with Crippen molar-refractivity contribution in [3.63, 3.8) is 0 Å². The van der Waals surface area contributed by atoms with Gasteiger partial charge in [-0.2, -0.15) is 0 Å². The van der Waals surface area contributed by atoms with Crippen molar-refractivity contribution in [1.82, 2.24) is 14.7 Å². The van der Waals surface area contributed by atoms with Crippen molar-refractivity contribution in [2.75, 3.05) is 5.32 Å². The molecule has 0 bridgehead atoms. The molecule has 0 radical (unpaired) electrons. The Hall–Kier alpha value is -2.25. The van der Waals surface area contributed by atoms with E-state index in [1.165, 1.54) is 0 Å². The van der Waals surface area contributed by atoms with Gasteiger partial charge in [0.1, 0.15) is 5.76 Å². The van der Waals surface area contributed by atoms with Gasteiger partial charge in [-0.05, 0) is 36.2 Å². The van der Waals surface area contributed by atoms with E-state index in [9.17, 15) is 4.79 Å². The molecule has 3 rings (SSSR count). The van der Waals surface area contributed by atoms with Crippen molar-refractivity contribution in [2.24, 2.45) is 0 Å². The van der Waals surface area contributed by atoms with Crippen LogP contribution in [0.15, 0.2) is 34.9 Å². The lowest BCUT2D eigenvalue weighted by Gasteiger charge is -2.01. The summed E-state index contributed by atoms with van der Waals surface area (Å²) in [6.45, 7) is 1.74. The molecule has 6 nitrogen and oxygen atoms in total. The Morgan fingerprint density at radius 2 is 2.10 bits per heavy atom. The second-order valence-corrected chi connectivity index (χ2v) is 5.43. The fraction of sp³-hybridized carbons (Fsp3) is 0.0769. The van der Waals surface area contributed by atoms with Crippen LogP contribution < -0.4 is 5.32 Å². The summed E-state index contributed by atoms with van der Waals surface area (Å²) >= 11 is 7.00. The molecule has 1 amide bonds. The first kappa shape index (κ1) is 13.7.